The molecule has 4 rings (SSSR count). The zero-order chi connectivity index (χ0) is 38.1. The number of aliphatic imine (C=N–C) groups is 1. The van der Waals surface area contributed by atoms with Crippen LogP contribution in [-0.4, -0.2) is 217 Å². The van der Waals surface area contributed by atoms with E-state index in [1.54, 1.807) is 0 Å². The van der Waals surface area contributed by atoms with E-state index in [2.05, 4.69) is 15.6 Å². The van der Waals surface area contributed by atoms with Crippen molar-refractivity contribution in [3.8, 4) is 0 Å². The summed E-state index contributed by atoms with van der Waals surface area (Å²) < 4.78 is 34.6. The van der Waals surface area contributed by atoms with Crippen LogP contribution in [0.4, 0.5) is 0 Å². The molecule has 3 aliphatic heterocycles. The van der Waals surface area contributed by atoms with Crippen molar-refractivity contribution in [2.45, 2.75) is 129 Å². The summed E-state index contributed by atoms with van der Waals surface area (Å²) in [5, 5.41) is 119. The lowest BCUT2D eigenvalue weighted by Crippen LogP contribution is -2.70. The van der Waals surface area contributed by atoms with E-state index in [1.807, 2.05) is 0 Å². The number of aliphatic hydroxyl groups excluding tert-OH is 9. The first-order chi connectivity index (χ1) is 23.9. The molecule has 1 aliphatic carbocycles. The number of rotatable bonds is 12. The Morgan fingerprint density at radius 3 is 1.84 bits per heavy atom. The number of aliphatic hydroxyl groups is 10. The molecule has 326 valence electrons. The lowest BCUT2D eigenvalue weighted by atomic mass is 9.81. The predicted molar refractivity (Wildman–Crippen MR) is 190 cm³/mol. The van der Waals surface area contributed by atoms with Crippen molar-refractivity contribution in [2.24, 2.45) is 22.2 Å². The Morgan fingerprint density at radius 2 is 1.33 bits per heavy atom. The predicted octanol–water partition coefficient (Wildman–Crippen LogP) is -9.69. The van der Waals surface area contributed by atoms with Gasteiger partial charge in [-0.15, -0.1) is 37.2 Å². The molecular weight excluding hydrogens is 817 g/mol. The van der Waals surface area contributed by atoms with Crippen LogP contribution < -0.4 is 27.8 Å². The quantitative estimate of drug-likeness (QED) is 0.0492. The number of carbonyl (C=O) groups excluding carboxylic acids is 1. The molecule has 3 heterocycles. The highest BCUT2D eigenvalue weighted by molar-refractivity contribution is 5.86. The minimum atomic E-state index is -2.50. The van der Waals surface area contributed by atoms with Gasteiger partial charge in [-0.3, -0.25) is 10.2 Å². The Kier molecular flexibility index (Phi) is 21.3. The lowest BCUT2D eigenvalue weighted by molar-refractivity contribution is -0.357. The van der Waals surface area contributed by atoms with Gasteiger partial charge in [0, 0.05) is 0 Å². The second-order valence-corrected chi connectivity index (χ2v) is 12.7. The van der Waals surface area contributed by atoms with Gasteiger partial charge in [-0.1, -0.05) is 0 Å². The van der Waals surface area contributed by atoms with Gasteiger partial charge >= 0.3 is 0 Å². The maximum absolute atomic E-state index is 12.3. The average molecular weight is 871 g/mol. The Bertz CT molecular complexity index is 1240. The summed E-state index contributed by atoms with van der Waals surface area (Å²) in [5.41, 5.74) is 14.0. The van der Waals surface area contributed by atoms with E-state index in [0.29, 0.717) is 0 Å². The van der Waals surface area contributed by atoms with E-state index in [9.17, 15) is 55.9 Å². The fraction of sp³-hybridized carbons (Fsp3) is 0.889. The van der Waals surface area contributed by atoms with Crippen molar-refractivity contribution in [1.82, 2.24) is 10.6 Å². The lowest BCUT2D eigenvalue weighted by Gasteiger charge is -2.48. The third-order valence-corrected chi connectivity index (χ3v) is 9.51. The van der Waals surface area contributed by atoms with Crippen molar-refractivity contribution in [1.29, 1.82) is 5.41 Å². The van der Waals surface area contributed by atoms with E-state index < -0.39 is 147 Å². The molecule has 1 saturated carbocycles. The highest BCUT2D eigenvalue weighted by Crippen LogP contribution is 2.39. The van der Waals surface area contributed by atoms with E-state index >= 15 is 0 Å². The third kappa shape index (κ3) is 10.7. The highest BCUT2D eigenvalue weighted by Gasteiger charge is 2.61. The van der Waals surface area contributed by atoms with Gasteiger partial charge in [0.15, 0.2) is 42.7 Å². The SMILES string of the molecule is CN[C@@H]1[C@H](O[C@H]2[C@H](O[C@H]3[C@H](O)[C@@H](O)[C@H](NC(=N)N)[C@@H](O)[C@@H]3N=C(N)N)O[C@@H](C)[C@]2(O)C=O)O[C@@H](CO)[C@H](O[C@H]2O[C@@H](CO)[C@@H](O)[C@H](O)[C@@H]2O)[C@H]1O.Cl.Cl.Cl.O. The molecule has 0 aromatic heterocycles. The first kappa shape index (κ1) is 53.4. The molecule has 28 heteroatoms. The van der Waals surface area contributed by atoms with E-state index in [-0.39, 0.29) is 49.0 Å². The number of carbonyl (C=O) groups is 1. The Balaban J connectivity index is 0.00000729. The van der Waals surface area contributed by atoms with Gasteiger partial charge in [-0.05, 0) is 14.0 Å². The fourth-order valence-corrected chi connectivity index (χ4v) is 6.61. The molecule has 0 spiro atoms. The van der Waals surface area contributed by atoms with E-state index in [1.165, 1.54) is 14.0 Å². The average Bonchev–Trinajstić information content (AvgIpc) is 3.32. The molecule has 0 amide bonds. The van der Waals surface area contributed by atoms with Gasteiger partial charge < -0.3 is 113 Å². The Morgan fingerprint density at radius 1 is 0.764 bits per heavy atom. The first-order valence-electron chi connectivity index (χ1n) is 15.9. The highest BCUT2D eigenvalue weighted by atomic mass is 35.5. The monoisotopic (exact) mass is 869 g/mol. The number of ether oxygens (including phenoxy) is 6. The summed E-state index contributed by atoms with van der Waals surface area (Å²) >= 11 is 0. The number of halogens is 3. The summed E-state index contributed by atoms with van der Waals surface area (Å²) in [5.74, 6) is -1.24. The molecule has 0 aromatic carbocycles. The number of nitrogens with two attached hydrogens (primary N) is 3. The number of likely N-dealkylation sites (N-methyl/N-ethyl adjacent to an activating group) is 1. The molecule has 0 aromatic rings. The summed E-state index contributed by atoms with van der Waals surface area (Å²) in [4.78, 5) is 16.2. The van der Waals surface area contributed by atoms with Gasteiger partial charge in [0.25, 0.3) is 0 Å². The van der Waals surface area contributed by atoms with Crippen molar-refractivity contribution in [3.05, 3.63) is 0 Å². The third-order valence-electron chi connectivity index (χ3n) is 9.51. The number of hydrogen-bond donors (Lipinski definition) is 16. The Labute approximate surface area is 332 Å². The molecule has 0 bridgehead atoms. The van der Waals surface area contributed by atoms with Crippen LogP contribution in [-0.2, 0) is 33.2 Å². The number of guanidine groups is 2. The van der Waals surface area contributed by atoms with Gasteiger partial charge in [-0.2, -0.15) is 0 Å². The van der Waals surface area contributed by atoms with Gasteiger partial charge in [0.1, 0.15) is 79.3 Å². The molecular formula is C27H54Cl3N7O18. The van der Waals surface area contributed by atoms with Crippen molar-refractivity contribution in [2.75, 3.05) is 20.3 Å². The smallest absolute Gasteiger partial charge is 0.188 e. The van der Waals surface area contributed by atoms with Crippen LogP contribution in [0.5, 0.6) is 0 Å². The van der Waals surface area contributed by atoms with Crippen LogP contribution >= 0.6 is 37.2 Å². The minimum absolute atomic E-state index is 0. The van der Waals surface area contributed by atoms with Crippen LogP contribution in [0.15, 0.2) is 4.99 Å². The molecule has 3 saturated heterocycles. The van der Waals surface area contributed by atoms with Crippen LogP contribution in [0, 0.1) is 5.41 Å². The zero-order valence-electron chi connectivity index (χ0n) is 29.2. The van der Waals surface area contributed by atoms with Crippen molar-refractivity contribution in [3.63, 3.8) is 0 Å². The number of aldehydes is 1. The molecule has 4 aliphatic rings. The maximum atomic E-state index is 12.3. The number of nitrogens with zero attached hydrogens (tertiary/aromatic N) is 1. The van der Waals surface area contributed by atoms with Crippen LogP contribution in [0.3, 0.4) is 0 Å². The summed E-state index contributed by atoms with van der Waals surface area (Å²) in [7, 11) is 1.36. The normalized spacial score (nSPS) is 45.3. The standard InChI is InChI=1S/C27H49N7O17.3ClH.H2O/c1-6-27(45,5-37)21(24(46-6)50-20-10(34-26(30)31)13(39)9(33-25(28)29)14(40)17(20)43)51-22-11(32-2)15(41)19(8(4-36)48-22)49-23-18(44)16(42)12(38)7(3-35)47-23;;;;/h5-24,32,35-36,38-45H,3-4H2,1-2H3,(H4,28,29,33)(H4,30,31,34);3*1H;1H2/t6-,7-,8-,9+,10-,11-,12+,13+,14-,15-,16-,17+,18-,19-,20+,21-,22-,23+,24-,27+;;;;/m0..../s1. The van der Waals surface area contributed by atoms with Gasteiger partial charge in [0.05, 0.1) is 31.4 Å². The molecule has 0 unspecified atom stereocenters. The summed E-state index contributed by atoms with van der Waals surface area (Å²) in [6.07, 6.45) is -27.0. The van der Waals surface area contributed by atoms with Gasteiger partial charge in [0.2, 0.25) is 0 Å². The first-order valence-corrected chi connectivity index (χ1v) is 15.9. The molecule has 25 nitrogen and oxygen atoms in total. The van der Waals surface area contributed by atoms with Crippen LogP contribution in [0.1, 0.15) is 6.92 Å². The topological polar surface area (TPSA) is 445 Å². The van der Waals surface area contributed by atoms with Crippen molar-refractivity contribution < 1.29 is 89.8 Å². The van der Waals surface area contributed by atoms with Crippen LogP contribution in [0.2, 0.25) is 0 Å². The molecule has 0 radical (unpaired) electrons. The minimum Gasteiger partial charge on any atom is -0.412 e. The number of hydrogen-bond acceptors (Lipinski definition) is 20. The van der Waals surface area contributed by atoms with E-state index in [4.69, 9.17) is 51.0 Å². The second kappa shape index (κ2) is 21.9. The number of nitrogens with one attached hydrogen (secondary N) is 3. The second-order valence-electron chi connectivity index (χ2n) is 12.7. The molecule has 20 atom stereocenters. The largest absolute Gasteiger partial charge is 0.412 e. The van der Waals surface area contributed by atoms with E-state index in [0.717, 1.165) is 0 Å². The maximum Gasteiger partial charge on any atom is 0.188 e. The van der Waals surface area contributed by atoms with Gasteiger partial charge in [-0.25, -0.2) is 4.99 Å². The summed E-state index contributed by atoms with van der Waals surface area (Å²) in [6.45, 7) is -0.344. The zero-order valence-corrected chi connectivity index (χ0v) is 31.6. The fourth-order valence-electron chi connectivity index (χ4n) is 6.61. The van der Waals surface area contributed by atoms with Crippen molar-refractivity contribution >= 4 is 55.4 Å². The molecule has 21 N–H and O–H groups in total. The molecule has 55 heavy (non-hydrogen) atoms. The molecule has 4 fully saturated rings. The Hall–Kier alpha value is -1.64. The summed E-state index contributed by atoms with van der Waals surface area (Å²) in [6, 6.07) is -4.34. The van der Waals surface area contributed by atoms with Crippen LogP contribution in [0.25, 0.3) is 0 Å².